The molecule has 0 fully saturated rings. The summed E-state index contributed by atoms with van der Waals surface area (Å²) in [4.78, 5) is 43.3. The Morgan fingerprint density at radius 2 is 1.45 bits per heavy atom. The summed E-state index contributed by atoms with van der Waals surface area (Å²) in [5.41, 5.74) is 2.03. The van der Waals surface area contributed by atoms with Crippen LogP contribution in [0.5, 0.6) is 0 Å². The van der Waals surface area contributed by atoms with Crippen molar-refractivity contribution in [3.63, 3.8) is 0 Å². The van der Waals surface area contributed by atoms with Gasteiger partial charge in [-0.3, -0.25) is 9.59 Å². The normalized spacial score (nSPS) is 14.1. The number of carbonyl (C=O) groups is 3. The van der Waals surface area contributed by atoms with Crippen LogP contribution in [0.4, 0.5) is 4.79 Å². The van der Waals surface area contributed by atoms with Crippen LogP contribution in [0, 0.1) is 13.8 Å². The van der Waals surface area contributed by atoms with Crippen molar-refractivity contribution in [3.05, 3.63) is 70.8 Å². The summed E-state index contributed by atoms with van der Waals surface area (Å²) in [6, 6.07) is 13.5. The summed E-state index contributed by atoms with van der Waals surface area (Å²) in [5, 5.41) is 5.98. The first kappa shape index (κ1) is 32.9. The molecule has 220 valence electrons. The third-order valence-corrected chi connectivity index (χ3v) is 6.66. The van der Waals surface area contributed by atoms with Crippen molar-refractivity contribution in [2.24, 2.45) is 0 Å². The van der Waals surface area contributed by atoms with Crippen LogP contribution >= 0.6 is 0 Å². The molecule has 0 aliphatic carbocycles. The van der Waals surface area contributed by atoms with Crippen LogP contribution < -0.4 is 10.6 Å². The predicted molar refractivity (Wildman–Crippen MR) is 161 cm³/mol. The van der Waals surface area contributed by atoms with Crippen LogP contribution in [0.2, 0.25) is 0 Å². The van der Waals surface area contributed by atoms with Crippen LogP contribution in [0.1, 0.15) is 96.5 Å². The van der Waals surface area contributed by atoms with Crippen LogP contribution in [0.25, 0.3) is 0 Å². The van der Waals surface area contributed by atoms with Crippen molar-refractivity contribution in [3.8, 4) is 0 Å². The number of alkyl carbamates (subject to hydrolysis) is 1. The number of nitrogens with zero attached hydrogens (tertiary/aromatic N) is 1. The lowest BCUT2D eigenvalue weighted by molar-refractivity contribution is -0.148. The van der Waals surface area contributed by atoms with Crippen molar-refractivity contribution >= 4 is 17.9 Å². The SMILES string of the molecule is CCCC(C)NC(=O)C(c1c(C)cccc1C)N(C(=O)C(Cc1ccccc1)NC(=O)OC(C)(C)C)C(C)(C)C. The standard InChI is InChI=1S/C33H49N3O4/c1-11-16-24(4)34-29(37)28(27-22(2)17-15-18-23(27)3)36(32(5,6)7)30(38)26(21-25-19-13-12-14-20-25)35-31(39)40-33(8,9)10/h12-15,17-20,24,26,28H,11,16,21H2,1-10H3,(H,34,37)(H,35,39). The number of aryl methyl sites for hydroxylation is 2. The molecule has 3 atom stereocenters. The monoisotopic (exact) mass is 551 g/mol. The lowest BCUT2D eigenvalue weighted by Gasteiger charge is -2.44. The summed E-state index contributed by atoms with van der Waals surface area (Å²) in [6.07, 6.45) is 1.32. The molecule has 3 unspecified atom stereocenters. The first-order valence-corrected chi connectivity index (χ1v) is 14.3. The smallest absolute Gasteiger partial charge is 0.408 e. The van der Waals surface area contributed by atoms with Gasteiger partial charge in [-0.15, -0.1) is 0 Å². The van der Waals surface area contributed by atoms with E-state index < -0.39 is 29.3 Å². The van der Waals surface area contributed by atoms with Gasteiger partial charge in [-0.1, -0.05) is 61.9 Å². The minimum atomic E-state index is -0.954. The van der Waals surface area contributed by atoms with Crippen molar-refractivity contribution in [2.45, 2.75) is 118 Å². The van der Waals surface area contributed by atoms with Crippen LogP contribution in [-0.4, -0.2) is 46.0 Å². The Kier molecular flexibility index (Phi) is 11.4. The third kappa shape index (κ3) is 9.39. The van der Waals surface area contributed by atoms with Crippen molar-refractivity contribution < 1.29 is 19.1 Å². The Morgan fingerprint density at radius 1 is 0.875 bits per heavy atom. The first-order valence-electron chi connectivity index (χ1n) is 14.3. The molecule has 2 aromatic carbocycles. The summed E-state index contributed by atoms with van der Waals surface area (Å²) in [5.74, 6) is -0.592. The molecule has 0 aliphatic rings. The molecule has 2 N–H and O–H groups in total. The van der Waals surface area contributed by atoms with E-state index in [0.717, 1.165) is 35.1 Å². The quantitative estimate of drug-likeness (QED) is 0.357. The highest BCUT2D eigenvalue weighted by atomic mass is 16.6. The first-order chi connectivity index (χ1) is 18.5. The van der Waals surface area contributed by atoms with Gasteiger partial charge in [0, 0.05) is 18.0 Å². The number of hydrogen-bond acceptors (Lipinski definition) is 4. The maximum atomic E-state index is 14.6. The second-order valence-corrected chi connectivity index (χ2v) is 12.7. The van der Waals surface area contributed by atoms with Gasteiger partial charge in [-0.25, -0.2) is 4.79 Å². The van der Waals surface area contributed by atoms with E-state index in [1.807, 2.05) is 90.1 Å². The average Bonchev–Trinajstić information content (AvgIpc) is 2.81. The Labute approximate surface area is 241 Å². The summed E-state index contributed by atoms with van der Waals surface area (Å²) in [6.45, 7) is 19.1. The number of amides is 3. The maximum Gasteiger partial charge on any atom is 0.408 e. The molecule has 0 bridgehead atoms. The Balaban J connectivity index is 2.67. The molecule has 3 amide bonds. The molecule has 0 heterocycles. The van der Waals surface area contributed by atoms with Crippen molar-refractivity contribution in [1.82, 2.24) is 15.5 Å². The molecule has 2 rings (SSSR count). The zero-order valence-corrected chi connectivity index (χ0v) is 26.1. The summed E-state index contributed by atoms with van der Waals surface area (Å²) in [7, 11) is 0. The summed E-state index contributed by atoms with van der Waals surface area (Å²) < 4.78 is 5.53. The van der Waals surface area contributed by atoms with Crippen LogP contribution in [0.3, 0.4) is 0 Å². The molecule has 0 saturated heterocycles. The van der Waals surface area contributed by atoms with Gasteiger partial charge in [0.25, 0.3) is 0 Å². The number of carbonyl (C=O) groups excluding carboxylic acids is 3. The fourth-order valence-electron chi connectivity index (χ4n) is 4.98. The zero-order valence-electron chi connectivity index (χ0n) is 26.1. The molecular formula is C33H49N3O4. The van der Waals surface area contributed by atoms with Gasteiger partial charge < -0.3 is 20.3 Å². The van der Waals surface area contributed by atoms with Crippen molar-refractivity contribution in [1.29, 1.82) is 0 Å². The minimum absolute atomic E-state index is 0.0544. The number of rotatable bonds is 10. The van der Waals surface area contributed by atoms with Crippen LogP contribution in [-0.2, 0) is 20.7 Å². The highest BCUT2D eigenvalue weighted by Gasteiger charge is 2.43. The average molecular weight is 552 g/mol. The lowest BCUT2D eigenvalue weighted by Crippen LogP contribution is -2.59. The Morgan fingerprint density at radius 3 is 1.95 bits per heavy atom. The van der Waals surface area contributed by atoms with E-state index in [2.05, 4.69) is 17.6 Å². The highest BCUT2D eigenvalue weighted by molar-refractivity contribution is 5.93. The van der Waals surface area contributed by atoms with E-state index in [1.165, 1.54) is 0 Å². The number of ether oxygens (including phenoxy) is 1. The predicted octanol–water partition coefficient (Wildman–Crippen LogP) is 6.41. The van der Waals surface area contributed by atoms with Gasteiger partial charge in [0.15, 0.2) is 0 Å². The second kappa shape index (κ2) is 13.8. The molecule has 0 aliphatic heterocycles. The Bertz CT molecular complexity index is 1130. The van der Waals surface area contributed by atoms with E-state index in [-0.39, 0.29) is 24.3 Å². The highest BCUT2D eigenvalue weighted by Crippen LogP contribution is 2.34. The molecule has 2 aromatic rings. The molecule has 0 spiro atoms. The van der Waals surface area contributed by atoms with Gasteiger partial charge in [-0.2, -0.15) is 0 Å². The summed E-state index contributed by atoms with van der Waals surface area (Å²) >= 11 is 0. The molecule has 0 aromatic heterocycles. The third-order valence-electron chi connectivity index (χ3n) is 6.66. The fraction of sp³-hybridized carbons (Fsp3) is 0.545. The van der Waals surface area contributed by atoms with E-state index in [9.17, 15) is 14.4 Å². The van der Waals surface area contributed by atoms with Gasteiger partial charge in [0.05, 0.1) is 0 Å². The fourth-order valence-corrected chi connectivity index (χ4v) is 4.98. The molecule has 0 radical (unpaired) electrons. The Hall–Kier alpha value is -3.35. The van der Waals surface area contributed by atoms with E-state index in [0.29, 0.717) is 0 Å². The van der Waals surface area contributed by atoms with Gasteiger partial charge in [0.1, 0.15) is 17.7 Å². The zero-order chi connectivity index (χ0) is 30.3. The van der Waals surface area contributed by atoms with Crippen molar-refractivity contribution in [2.75, 3.05) is 0 Å². The van der Waals surface area contributed by atoms with Gasteiger partial charge in [0.2, 0.25) is 11.8 Å². The molecular weight excluding hydrogens is 502 g/mol. The number of nitrogens with one attached hydrogen (secondary N) is 2. The van der Waals surface area contributed by atoms with E-state index >= 15 is 0 Å². The molecule has 0 saturated carbocycles. The number of benzene rings is 2. The minimum Gasteiger partial charge on any atom is -0.444 e. The molecule has 7 heteroatoms. The molecule has 7 nitrogen and oxygen atoms in total. The van der Waals surface area contributed by atoms with E-state index in [4.69, 9.17) is 4.74 Å². The maximum absolute atomic E-state index is 14.6. The molecule has 40 heavy (non-hydrogen) atoms. The second-order valence-electron chi connectivity index (χ2n) is 12.7. The van der Waals surface area contributed by atoms with Crippen LogP contribution in [0.15, 0.2) is 48.5 Å². The largest absolute Gasteiger partial charge is 0.444 e. The van der Waals surface area contributed by atoms with Gasteiger partial charge >= 0.3 is 6.09 Å². The topological polar surface area (TPSA) is 87.7 Å². The van der Waals surface area contributed by atoms with E-state index in [1.54, 1.807) is 25.7 Å². The van der Waals surface area contributed by atoms with Gasteiger partial charge in [-0.05, 0) is 91.0 Å². The number of hydrogen-bond donors (Lipinski definition) is 2. The lowest BCUT2D eigenvalue weighted by atomic mass is 9.89.